The van der Waals surface area contributed by atoms with Crippen LogP contribution in [0.4, 0.5) is 5.69 Å². The van der Waals surface area contributed by atoms with Gasteiger partial charge in [0.15, 0.2) is 0 Å². The summed E-state index contributed by atoms with van der Waals surface area (Å²) < 4.78 is 1.97. The van der Waals surface area contributed by atoms with Crippen LogP contribution >= 0.6 is 11.6 Å². The summed E-state index contributed by atoms with van der Waals surface area (Å²) in [4.78, 5) is 10.6. The first-order chi connectivity index (χ1) is 9.99. The molecule has 0 bridgehead atoms. The molecule has 110 valence electrons. The molecular formula is C15H15ClN2O3. The molecule has 6 heteroatoms. The lowest BCUT2D eigenvalue weighted by Gasteiger charge is -2.20. The van der Waals surface area contributed by atoms with E-state index in [1.165, 1.54) is 6.07 Å². The maximum absolute atomic E-state index is 11.0. The predicted octanol–water partition coefficient (Wildman–Crippen LogP) is 3.72. The fourth-order valence-corrected chi connectivity index (χ4v) is 3.20. The average molecular weight is 307 g/mol. The molecule has 0 amide bonds. The number of hydrogen-bond donors (Lipinski definition) is 1. The summed E-state index contributed by atoms with van der Waals surface area (Å²) in [6, 6.07) is 6.75. The molecule has 2 aromatic rings. The third-order valence-electron chi connectivity index (χ3n) is 3.95. The van der Waals surface area contributed by atoms with Crippen LogP contribution in [-0.2, 0) is 6.42 Å². The lowest BCUT2D eigenvalue weighted by Crippen LogP contribution is -2.11. The van der Waals surface area contributed by atoms with Gasteiger partial charge >= 0.3 is 0 Å². The fourth-order valence-electron chi connectivity index (χ4n) is 3.02. The van der Waals surface area contributed by atoms with E-state index in [-0.39, 0.29) is 10.7 Å². The Balaban J connectivity index is 2.17. The van der Waals surface area contributed by atoms with Crippen LogP contribution in [0.15, 0.2) is 24.3 Å². The number of aromatic nitrogens is 1. The number of aryl methyl sites for hydroxylation is 1. The number of aliphatic hydroxyl groups is 1. The summed E-state index contributed by atoms with van der Waals surface area (Å²) in [5.74, 6) is 0. The SMILES string of the molecule is Cc1cc2c(n1-c1ccc(Cl)c([N+](=O)[O-])c1)CCCC2O. The van der Waals surface area contributed by atoms with E-state index < -0.39 is 11.0 Å². The van der Waals surface area contributed by atoms with Gasteiger partial charge in [0.05, 0.1) is 16.7 Å². The normalized spacial score (nSPS) is 17.6. The van der Waals surface area contributed by atoms with E-state index >= 15 is 0 Å². The molecule has 1 aromatic carbocycles. The molecular weight excluding hydrogens is 292 g/mol. The van der Waals surface area contributed by atoms with E-state index in [0.29, 0.717) is 5.69 Å². The number of aliphatic hydroxyl groups excluding tert-OH is 1. The number of rotatable bonds is 2. The minimum atomic E-state index is -0.480. The zero-order chi connectivity index (χ0) is 15.1. The van der Waals surface area contributed by atoms with Crippen molar-refractivity contribution in [3.63, 3.8) is 0 Å². The number of fused-ring (bicyclic) bond motifs is 1. The van der Waals surface area contributed by atoms with E-state index in [0.717, 1.165) is 36.2 Å². The van der Waals surface area contributed by atoms with Crippen LogP contribution in [0.25, 0.3) is 5.69 Å². The highest BCUT2D eigenvalue weighted by Crippen LogP contribution is 2.35. The quantitative estimate of drug-likeness (QED) is 0.679. The van der Waals surface area contributed by atoms with Crippen LogP contribution in [0.2, 0.25) is 5.02 Å². The number of nitro groups is 1. The molecule has 5 nitrogen and oxygen atoms in total. The molecule has 1 atom stereocenters. The summed E-state index contributed by atoms with van der Waals surface area (Å²) in [5, 5.41) is 21.3. The van der Waals surface area contributed by atoms with Crippen molar-refractivity contribution in [1.29, 1.82) is 0 Å². The van der Waals surface area contributed by atoms with Gasteiger partial charge in [0.2, 0.25) is 0 Å². The van der Waals surface area contributed by atoms with Gasteiger partial charge in [0.1, 0.15) is 5.02 Å². The molecule has 1 aromatic heterocycles. The van der Waals surface area contributed by atoms with Crippen molar-refractivity contribution in [2.75, 3.05) is 0 Å². The van der Waals surface area contributed by atoms with Gasteiger partial charge in [-0.05, 0) is 44.4 Å². The van der Waals surface area contributed by atoms with Crippen molar-refractivity contribution in [2.45, 2.75) is 32.3 Å². The first-order valence-electron chi connectivity index (χ1n) is 6.82. The summed E-state index contributed by atoms with van der Waals surface area (Å²) >= 11 is 5.87. The second-order valence-electron chi connectivity index (χ2n) is 5.32. The highest BCUT2D eigenvalue weighted by Gasteiger charge is 2.24. The Kier molecular flexibility index (Phi) is 3.47. The molecule has 0 fully saturated rings. The van der Waals surface area contributed by atoms with Crippen molar-refractivity contribution < 1.29 is 10.0 Å². The average Bonchev–Trinajstić information content (AvgIpc) is 2.77. The highest BCUT2D eigenvalue weighted by molar-refractivity contribution is 6.32. The topological polar surface area (TPSA) is 68.3 Å². The van der Waals surface area contributed by atoms with Crippen molar-refractivity contribution in [1.82, 2.24) is 4.57 Å². The number of nitro benzene ring substituents is 1. The molecule has 1 aliphatic carbocycles. The van der Waals surface area contributed by atoms with Gasteiger partial charge in [-0.15, -0.1) is 0 Å². The molecule has 1 unspecified atom stereocenters. The van der Waals surface area contributed by atoms with Gasteiger partial charge in [0, 0.05) is 23.0 Å². The predicted molar refractivity (Wildman–Crippen MR) is 80.1 cm³/mol. The van der Waals surface area contributed by atoms with Crippen molar-refractivity contribution in [3.8, 4) is 5.69 Å². The highest BCUT2D eigenvalue weighted by atomic mass is 35.5. The second-order valence-corrected chi connectivity index (χ2v) is 5.73. The van der Waals surface area contributed by atoms with Gasteiger partial charge < -0.3 is 9.67 Å². The molecule has 1 aliphatic rings. The van der Waals surface area contributed by atoms with Gasteiger partial charge in [-0.25, -0.2) is 0 Å². The molecule has 0 saturated heterocycles. The van der Waals surface area contributed by atoms with Gasteiger partial charge in [0.25, 0.3) is 5.69 Å². The minimum absolute atomic E-state index is 0.104. The molecule has 21 heavy (non-hydrogen) atoms. The second kappa shape index (κ2) is 5.16. The summed E-state index contributed by atoms with van der Waals surface area (Å²) in [6.45, 7) is 1.94. The Morgan fingerprint density at radius 2 is 2.19 bits per heavy atom. The van der Waals surface area contributed by atoms with Crippen molar-refractivity contribution >= 4 is 17.3 Å². The van der Waals surface area contributed by atoms with Crippen molar-refractivity contribution in [3.05, 3.63) is 56.4 Å². The van der Waals surface area contributed by atoms with Gasteiger partial charge in [-0.1, -0.05) is 11.6 Å². The maximum atomic E-state index is 11.0. The third kappa shape index (κ3) is 2.32. The monoisotopic (exact) mass is 306 g/mol. The molecule has 0 radical (unpaired) electrons. The standard InChI is InChI=1S/C15H15ClN2O3/c1-9-7-11-13(3-2-4-15(11)19)17(9)10-5-6-12(16)14(8-10)18(20)21/h5-8,15,19H,2-4H2,1H3. The number of hydrogen-bond acceptors (Lipinski definition) is 3. The molecule has 1 heterocycles. The first kappa shape index (κ1) is 14.1. The summed E-state index contributed by atoms with van der Waals surface area (Å²) in [5.41, 5.74) is 3.52. The van der Waals surface area contributed by atoms with Crippen LogP contribution < -0.4 is 0 Å². The Bertz CT molecular complexity index is 724. The van der Waals surface area contributed by atoms with Gasteiger partial charge in [-0.2, -0.15) is 0 Å². The number of halogens is 1. The van der Waals surface area contributed by atoms with Gasteiger partial charge in [-0.3, -0.25) is 10.1 Å². The van der Waals surface area contributed by atoms with E-state index in [9.17, 15) is 15.2 Å². The van der Waals surface area contributed by atoms with E-state index in [2.05, 4.69) is 0 Å². The number of benzene rings is 1. The Morgan fingerprint density at radius 3 is 2.90 bits per heavy atom. The van der Waals surface area contributed by atoms with Crippen LogP contribution in [0, 0.1) is 17.0 Å². The first-order valence-corrected chi connectivity index (χ1v) is 7.20. The Hall–Kier alpha value is -1.85. The molecule has 3 rings (SSSR count). The van der Waals surface area contributed by atoms with E-state index in [1.54, 1.807) is 12.1 Å². The minimum Gasteiger partial charge on any atom is -0.388 e. The number of nitrogens with zero attached hydrogens (tertiary/aromatic N) is 2. The van der Waals surface area contributed by atoms with E-state index in [1.807, 2.05) is 17.6 Å². The van der Waals surface area contributed by atoms with Crippen molar-refractivity contribution in [2.24, 2.45) is 0 Å². The molecule has 0 spiro atoms. The molecule has 0 aliphatic heterocycles. The van der Waals surface area contributed by atoms with Crippen LogP contribution in [0.5, 0.6) is 0 Å². The maximum Gasteiger partial charge on any atom is 0.289 e. The lowest BCUT2D eigenvalue weighted by atomic mass is 9.95. The smallest absolute Gasteiger partial charge is 0.289 e. The summed E-state index contributed by atoms with van der Waals surface area (Å²) in [7, 11) is 0. The van der Waals surface area contributed by atoms with E-state index in [4.69, 9.17) is 11.6 Å². The fraction of sp³-hybridized carbons (Fsp3) is 0.333. The molecule has 0 saturated carbocycles. The van der Waals surface area contributed by atoms with Crippen LogP contribution in [0.3, 0.4) is 0 Å². The third-order valence-corrected chi connectivity index (χ3v) is 4.27. The van der Waals surface area contributed by atoms with Crippen LogP contribution in [0.1, 0.15) is 35.9 Å². The zero-order valence-electron chi connectivity index (χ0n) is 11.5. The Morgan fingerprint density at radius 1 is 1.43 bits per heavy atom. The Labute approximate surface area is 126 Å². The molecule has 1 N–H and O–H groups in total. The summed E-state index contributed by atoms with van der Waals surface area (Å²) in [6.07, 6.45) is 2.08. The zero-order valence-corrected chi connectivity index (χ0v) is 12.3. The largest absolute Gasteiger partial charge is 0.388 e. The lowest BCUT2D eigenvalue weighted by molar-refractivity contribution is -0.384. The van der Waals surface area contributed by atoms with Crippen LogP contribution in [-0.4, -0.2) is 14.6 Å².